The van der Waals surface area contributed by atoms with E-state index in [0.717, 1.165) is 10.0 Å². The van der Waals surface area contributed by atoms with Gasteiger partial charge in [0.05, 0.1) is 33.5 Å². The van der Waals surface area contributed by atoms with Crippen molar-refractivity contribution in [1.82, 2.24) is 0 Å². The van der Waals surface area contributed by atoms with Crippen LogP contribution in [0.5, 0.6) is 23.0 Å². The molecule has 0 bridgehead atoms. The van der Waals surface area contributed by atoms with Gasteiger partial charge in [0.15, 0.2) is 17.3 Å². The fourth-order valence-electron chi connectivity index (χ4n) is 2.88. The Labute approximate surface area is 160 Å². The molecule has 0 radical (unpaired) electrons. The highest BCUT2D eigenvalue weighted by molar-refractivity contribution is 9.10. The number of fused-ring (bicyclic) bond motifs is 1. The van der Waals surface area contributed by atoms with E-state index in [1.807, 2.05) is 30.3 Å². The summed E-state index contributed by atoms with van der Waals surface area (Å²) < 4.78 is 22.7. The first kappa shape index (κ1) is 18.3. The van der Waals surface area contributed by atoms with Crippen molar-refractivity contribution in [3.8, 4) is 23.0 Å². The monoisotopic (exact) mass is 418 g/mol. The van der Waals surface area contributed by atoms with Crippen LogP contribution in [0.1, 0.15) is 22.3 Å². The molecule has 1 heterocycles. The van der Waals surface area contributed by atoms with Crippen LogP contribution in [0.4, 0.5) is 0 Å². The zero-order valence-electron chi connectivity index (χ0n) is 14.8. The molecule has 2 aromatic carbocycles. The van der Waals surface area contributed by atoms with Crippen LogP contribution in [0.25, 0.3) is 6.08 Å². The molecule has 0 aliphatic carbocycles. The average molecular weight is 419 g/mol. The average Bonchev–Trinajstić information content (AvgIpc) is 2.79. The Morgan fingerprint density at radius 1 is 1.04 bits per heavy atom. The number of benzene rings is 2. The molecule has 0 unspecified atom stereocenters. The van der Waals surface area contributed by atoms with Crippen LogP contribution in [0.2, 0.25) is 0 Å². The van der Waals surface area contributed by atoms with Gasteiger partial charge < -0.3 is 18.9 Å². The van der Waals surface area contributed by atoms with Gasteiger partial charge in [-0.3, -0.25) is 4.79 Å². The SMILES string of the molecule is COc1cc(/C=C2\CCOc3cc(Br)ccc3C2=O)cc(OC)c1OC. The maximum absolute atomic E-state index is 12.9. The van der Waals surface area contributed by atoms with Crippen molar-refractivity contribution < 1.29 is 23.7 Å². The fraction of sp³-hybridized carbons (Fsp3) is 0.250. The third-order valence-electron chi connectivity index (χ3n) is 4.14. The normalized spacial score (nSPS) is 15.1. The van der Waals surface area contributed by atoms with Gasteiger partial charge >= 0.3 is 0 Å². The summed E-state index contributed by atoms with van der Waals surface area (Å²) in [5, 5.41) is 0. The van der Waals surface area contributed by atoms with Crippen molar-refractivity contribution in [1.29, 1.82) is 0 Å². The number of hydrogen-bond acceptors (Lipinski definition) is 5. The second-order valence-corrected chi connectivity index (χ2v) is 6.61. The zero-order chi connectivity index (χ0) is 18.7. The molecule has 5 nitrogen and oxygen atoms in total. The van der Waals surface area contributed by atoms with Gasteiger partial charge in [0.2, 0.25) is 5.75 Å². The highest BCUT2D eigenvalue weighted by Gasteiger charge is 2.22. The van der Waals surface area contributed by atoms with Gasteiger partial charge in [0.25, 0.3) is 0 Å². The van der Waals surface area contributed by atoms with E-state index in [1.54, 1.807) is 27.4 Å². The number of halogens is 1. The van der Waals surface area contributed by atoms with E-state index in [0.29, 0.717) is 47.2 Å². The minimum absolute atomic E-state index is 0.0428. The van der Waals surface area contributed by atoms with Crippen molar-refractivity contribution in [3.63, 3.8) is 0 Å². The Hall–Kier alpha value is -2.47. The van der Waals surface area contributed by atoms with E-state index in [9.17, 15) is 4.79 Å². The van der Waals surface area contributed by atoms with Crippen molar-refractivity contribution in [2.75, 3.05) is 27.9 Å². The van der Waals surface area contributed by atoms with Crippen molar-refractivity contribution in [2.45, 2.75) is 6.42 Å². The molecular formula is C20H19BrO5. The van der Waals surface area contributed by atoms with Crippen LogP contribution in [-0.4, -0.2) is 33.7 Å². The Bertz CT molecular complexity index is 847. The van der Waals surface area contributed by atoms with E-state index in [1.165, 1.54) is 0 Å². The van der Waals surface area contributed by atoms with Gasteiger partial charge in [0, 0.05) is 16.5 Å². The van der Waals surface area contributed by atoms with Crippen LogP contribution < -0.4 is 18.9 Å². The lowest BCUT2D eigenvalue weighted by Gasteiger charge is -2.13. The van der Waals surface area contributed by atoms with Crippen LogP contribution in [0, 0.1) is 0 Å². The lowest BCUT2D eigenvalue weighted by atomic mass is 9.99. The number of methoxy groups -OCH3 is 3. The number of carbonyl (C=O) groups is 1. The van der Waals surface area contributed by atoms with Crippen molar-refractivity contribution in [2.24, 2.45) is 0 Å². The van der Waals surface area contributed by atoms with Crippen LogP contribution in [0.3, 0.4) is 0 Å². The number of hydrogen-bond donors (Lipinski definition) is 0. The quantitative estimate of drug-likeness (QED) is 0.682. The molecule has 3 rings (SSSR count). The van der Waals surface area contributed by atoms with E-state index in [-0.39, 0.29) is 5.78 Å². The third kappa shape index (κ3) is 3.55. The summed E-state index contributed by atoms with van der Waals surface area (Å²) >= 11 is 3.40. The molecular weight excluding hydrogens is 400 g/mol. The van der Waals surface area contributed by atoms with E-state index >= 15 is 0 Å². The summed E-state index contributed by atoms with van der Waals surface area (Å²) in [5.41, 5.74) is 2.02. The summed E-state index contributed by atoms with van der Waals surface area (Å²) in [5.74, 6) is 2.15. The zero-order valence-corrected chi connectivity index (χ0v) is 16.4. The number of Topliss-reactive ketones (excluding diaryl/α,β-unsaturated/α-hetero) is 1. The Morgan fingerprint density at radius 3 is 2.35 bits per heavy atom. The predicted octanol–water partition coefficient (Wildman–Crippen LogP) is 4.52. The number of rotatable bonds is 4. The molecule has 0 spiro atoms. The first-order valence-corrected chi connectivity index (χ1v) is 8.84. The highest BCUT2D eigenvalue weighted by atomic mass is 79.9. The van der Waals surface area contributed by atoms with Crippen LogP contribution in [0.15, 0.2) is 40.4 Å². The highest BCUT2D eigenvalue weighted by Crippen LogP contribution is 2.39. The molecule has 6 heteroatoms. The van der Waals surface area contributed by atoms with Gasteiger partial charge in [0.1, 0.15) is 5.75 Å². The van der Waals surface area contributed by atoms with Gasteiger partial charge in [-0.1, -0.05) is 15.9 Å². The van der Waals surface area contributed by atoms with Gasteiger partial charge in [-0.2, -0.15) is 0 Å². The minimum Gasteiger partial charge on any atom is -0.493 e. The van der Waals surface area contributed by atoms with Gasteiger partial charge in [-0.25, -0.2) is 0 Å². The van der Waals surface area contributed by atoms with Gasteiger partial charge in [-0.05, 0) is 42.0 Å². The van der Waals surface area contributed by atoms with Crippen LogP contribution in [-0.2, 0) is 0 Å². The largest absolute Gasteiger partial charge is 0.493 e. The summed E-state index contributed by atoms with van der Waals surface area (Å²) in [7, 11) is 4.68. The number of ketones is 1. The third-order valence-corrected chi connectivity index (χ3v) is 4.63. The van der Waals surface area contributed by atoms with Crippen molar-refractivity contribution in [3.05, 3.63) is 51.5 Å². The topological polar surface area (TPSA) is 54.0 Å². The number of ether oxygens (including phenoxy) is 4. The fourth-order valence-corrected chi connectivity index (χ4v) is 3.22. The molecule has 0 amide bonds. The molecule has 0 fully saturated rings. The molecule has 0 saturated carbocycles. The van der Waals surface area contributed by atoms with E-state index < -0.39 is 0 Å². The first-order valence-electron chi connectivity index (χ1n) is 8.05. The second-order valence-electron chi connectivity index (χ2n) is 5.70. The minimum atomic E-state index is -0.0428. The summed E-state index contributed by atoms with van der Waals surface area (Å²) in [4.78, 5) is 12.9. The first-order chi connectivity index (χ1) is 12.6. The molecule has 0 atom stereocenters. The molecule has 0 N–H and O–H groups in total. The Balaban J connectivity index is 2.04. The van der Waals surface area contributed by atoms with Crippen molar-refractivity contribution >= 4 is 27.8 Å². The smallest absolute Gasteiger partial charge is 0.203 e. The molecule has 26 heavy (non-hydrogen) atoms. The number of carbonyl (C=O) groups excluding carboxylic acids is 1. The van der Waals surface area contributed by atoms with E-state index in [2.05, 4.69) is 15.9 Å². The maximum Gasteiger partial charge on any atom is 0.203 e. The lowest BCUT2D eigenvalue weighted by molar-refractivity contribution is 0.103. The Kier molecular flexibility index (Phi) is 5.52. The Morgan fingerprint density at radius 2 is 1.73 bits per heavy atom. The molecule has 1 aliphatic rings. The lowest BCUT2D eigenvalue weighted by Crippen LogP contribution is -2.02. The molecule has 136 valence electrons. The van der Waals surface area contributed by atoms with Gasteiger partial charge in [-0.15, -0.1) is 0 Å². The molecule has 0 saturated heterocycles. The van der Waals surface area contributed by atoms with Crippen LogP contribution >= 0.6 is 15.9 Å². The summed E-state index contributed by atoms with van der Waals surface area (Å²) in [6.45, 7) is 0.436. The summed E-state index contributed by atoms with van der Waals surface area (Å²) in [6.07, 6.45) is 2.36. The van der Waals surface area contributed by atoms with E-state index in [4.69, 9.17) is 18.9 Å². The molecule has 1 aliphatic heterocycles. The maximum atomic E-state index is 12.9. The predicted molar refractivity (Wildman–Crippen MR) is 103 cm³/mol. The second kappa shape index (κ2) is 7.83. The standard InChI is InChI=1S/C20H19BrO5/c1-23-17-9-12(10-18(24-2)20(17)25-3)8-13-6-7-26-16-11-14(21)4-5-15(16)19(13)22/h4-5,8-11H,6-7H2,1-3H3/b13-8+. The molecule has 2 aromatic rings. The molecule has 0 aromatic heterocycles. The summed E-state index contributed by atoms with van der Waals surface area (Å²) in [6, 6.07) is 9.06.